The molecule has 5 rings (SSSR count). The van der Waals surface area contributed by atoms with Crippen molar-refractivity contribution in [3.05, 3.63) is 95.5 Å². The molecule has 2 aromatic carbocycles. The minimum absolute atomic E-state index is 0.202. The molecule has 0 aliphatic carbocycles. The number of carbonyl (C=O) groups excluding carboxylic acids is 1. The lowest BCUT2D eigenvalue weighted by Gasteiger charge is -2.22. The Kier molecular flexibility index (Phi) is 6.54. The van der Waals surface area contributed by atoms with Crippen molar-refractivity contribution < 1.29 is 13.9 Å². The van der Waals surface area contributed by atoms with E-state index in [-0.39, 0.29) is 6.03 Å². The van der Waals surface area contributed by atoms with E-state index in [2.05, 4.69) is 52.5 Å². The predicted octanol–water partition coefficient (Wildman–Crippen LogP) is 6.25. The molecule has 2 amide bonds. The van der Waals surface area contributed by atoms with E-state index in [1.807, 2.05) is 30.3 Å². The van der Waals surface area contributed by atoms with Crippen molar-refractivity contribution in [2.45, 2.75) is 19.9 Å². The van der Waals surface area contributed by atoms with Crippen molar-refractivity contribution in [3.63, 3.8) is 0 Å². The zero-order valence-electron chi connectivity index (χ0n) is 19.6. The molecule has 0 radical (unpaired) electrons. The van der Waals surface area contributed by atoms with E-state index in [1.165, 1.54) is 5.56 Å². The maximum atomic E-state index is 13.2. The first-order valence-electron chi connectivity index (χ1n) is 11.3. The number of furan rings is 1. The third-order valence-electron chi connectivity index (χ3n) is 5.80. The van der Waals surface area contributed by atoms with Gasteiger partial charge in [-0.05, 0) is 31.2 Å². The Morgan fingerprint density at radius 2 is 2.03 bits per heavy atom. The average molecular weight is 487 g/mol. The van der Waals surface area contributed by atoms with E-state index in [9.17, 15) is 4.79 Å². The molecular formula is C27H26N4O3S. The minimum Gasteiger partial charge on any atom is -0.497 e. The summed E-state index contributed by atoms with van der Waals surface area (Å²) in [6.07, 6.45) is 4.36. The highest BCUT2D eigenvalue weighted by Gasteiger charge is 2.18. The molecule has 1 N–H and O–H groups in total. The Balaban J connectivity index is 1.33. The van der Waals surface area contributed by atoms with Gasteiger partial charge in [0.2, 0.25) is 0 Å². The van der Waals surface area contributed by atoms with Crippen LogP contribution in [0.5, 0.6) is 5.75 Å². The number of aryl methyl sites for hydroxylation is 1. The largest absolute Gasteiger partial charge is 0.497 e. The van der Waals surface area contributed by atoms with Gasteiger partial charge in [-0.1, -0.05) is 35.9 Å². The molecule has 0 saturated heterocycles. The number of methoxy groups -OCH3 is 1. The number of benzene rings is 2. The molecule has 0 fully saturated rings. The lowest BCUT2D eigenvalue weighted by atomic mass is 10.1. The molecule has 8 heteroatoms. The molecule has 178 valence electrons. The third-order valence-corrected chi connectivity index (χ3v) is 6.69. The fourth-order valence-electron chi connectivity index (χ4n) is 3.87. The molecule has 0 atom stereocenters. The van der Waals surface area contributed by atoms with Crippen LogP contribution in [0.3, 0.4) is 0 Å². The summed E-state index contributed by atoms with van der Waals surface area (Å²) in [5.74, 6) is 1.41. The smallest absolute Gasteiger partial charge is 0.322 e. The summed E-state index contributed by atoms with van der Waals surface area (Å²) in [5.41, 5.74) is 5.04. The lowest BCUT2D eigenvalue weighted by molar-refractivity contribution is 0.204. The second-order valence-corrected chi connectivity index (χ2v) is 9.12. The normalized spacial score (nSPS) is 11.0. The van der Waals surface area contributed by atoms with Crippen LogP contribution in [0.25, 0.3) is 16.2 Å². The lowest BCUT2D eigenvalue weighted by Crippen LogP contribution is -2.36. The van der Waals surface area contributed by atoms with Gasteiger partial charge in [0.05, 0.1) is 25.6 Å². The summed E-state index contributed by atoms with van der Waals surface area (Å²) in [6, 6.07) is 19.2. The molecule has 7 nitrogen and oxygen atoms in total. The molecule has 0 bridgehead atoms. The molecule has 0 aliphatic rings. The number of fused-ring (bicyclic) bond motifs is 1. The maximum Gasteiger partial charge on any atom is 0.322 e. The van der Waals surface area contributed by atoms with Crippen LogP contribution >= 0.6 is 11.3 Å². The van der Waals surface area contributed by atoms with Gasteiger partial charge in [-0.25, -0.2) is 9.78 Å². The van der Waals surface area contributed by atoms with Crippen LogP contribution in [0.4, 0.5) is 10.5 Å². The molecule has 35 heavy (non-hydrogen) atoms. The van der Waals surface area contributed by atoms with Gasteiger partial charge in [0.25, 0.3) is 0 Å². The van der Waals surface area contributed by atoms with Gasteiger partial charge >= 0.3 is 6.03 Å². The number of ether oxygens (including phenoxy) is 1. The van der Waals surface area contributed by atoms with Crippen LogP contribution < -0.4 is 10.1 Å². The van der Waals surface area contributed by atoms with Gasteiger partial charge in [0.1, 0.15) is 11.5 Å². The number of amides is 2. The van der Waals surface area contributed by atoms with E-state index in [4.69, 9.17) is 14.1 Å². The number of nitrogens with one attached hydrogen (secondary N) is 1. The van der Waals surface area contributed by atoms with Gasteiger partial charge in [0.15, 0.2) is 4.96 Å². The number of hydrogen-bond donors (Lipinski definition) is 1. The van der Waals surface area contributed by atoms with E-state index >= 15 is 0 Å². The second-order valence-electron chi connectivity index (χ2n) is 8.28. The van der Waals surface area contributed by atoms with Crippen LogP contribution in [0, 0.1) is 6.92 Å². The molecular weight excluding hydrogens is 460 g/mol. The van der Waals surface area contributed by atoms with Crippen LogP contribution in [-0.4, -0.2) is 34.0 Å². The Bertz CT molecular complexity index is 1420. The van der Waals surface area contributed by atoms with Crippen LogP contribution in [0.1, 0.15) is 17.0 Å². The van der Waals surface area contributed by atoms with Gasteiger partial charge < -0.3 is 19.4 Å². The number of rotatable bonds is 8. The summed E-state index contributed by atoms with van der Waals surface area (Å²) >= 11 is 1.61. The molecule has 5 aromatic rings. The zero-order valence-corrected chi connectivity index (χ0v) is 20.4. The fraction of sp³-hybridized carbons (Fsp3) is 0.185. The summed E-state index contributed by atoms with van der Waals surface area (Å²) in [5, 5.41) is 5.08. The highest BCUT2D eigenvalue weighted by atomic mass is 32.1. The molecule has 0 aliphatic heterocycles. The Labute approximate surface area is 207 Å². The highest BCUT2D eigenvalue weighted by molar-refractivity contribution is 7.15. The standard InChI is InChI=1S/C27H26N4O3S/c1-19-8-10-20(11-9-19)25-17-31-22(18-35-27(31)29-25)12-13-30(16-24-7-4-14-34-24)26(32)28-21-5-3-6-23(15-21)33-2/h3-11,14-15,17-18H,12-13,16H2,1-2H3,(H,28,32). The summed E-state index contributed by atoms with van der Waals surface area (Å²) in [7, 11) is 1.60. The Hall–Kier alpha value is -4.04. The first-order valence-corrected chi connectivity index (χ1v) is 12.2. The van der Waals surface area contributed by atoms with E-state index in [1.54, 1.807) is 35.7 Å². The molecule has 0 unspecified atom stereocenters. The zero-order chi connectivity index (χ0) is 24.2. The fourth-order valence-corrected chi connectivity index (χ4v) is 4.78. The maximum absolute atomic E-state index is 13.2. The monoisotopic (exact) mass is 486 g/mol. The quantitative estimate of drug-likeness (QED) is 0.281. The number of carbonyl (C=O) groups is 1. The van der Waals surface area contributed by atoms with Crippen LogP contribution in [-0.2, 0) is 13.0 Å². The van der Waals surface area contributed by atoms with Gasteiger partial charge in [0, 0.05) is 47.6 Å². The van der Waals surface area contributed by atoms with E-state index < -0.39 is 0 Å². The number of imidazole rings is 1. The Morgan fingerprint density at radius 1 is 1.17 bits per heavy atom. The number of aromatic nitrogens is 2. The molecule has 0 spiro atoms. The molecule has 3 heterocycles. The molecule has 0 saturated carbocycles. The average Bonchev–Trinajstić information content (AvgIpc) is 3.61. The highest BCUT2D eigenvalue weighted by Crippen LogP contribution is 2.25. The van der Waals surface area contributed by atoms with Crippen molar-refractivity contribution >= 4 is 28.0 Å². The molecule has 3 aromatic heterocycles. The van der Waals surface area contributed by atoms with Crippen molar-refractivity contribution in [1.29, 1.82) is 0 Å². The summed E-state index contributed by atoms with van der Waals surface area (Å²) < 4.78 is 12.9. The van der Waals surface area contributed by atoms with E-state index in [0.29, 0.717) is 30.9 Å². The number of thiazole rings is 1. The third kappa shape index (κ3) is 5.22. The number of anilines is 1. The minimum atomic E-state index is -0.202. The second kappa shape index (κ2) is 10.1. The number of nitrogens with zero attached hydrogens (tertiary/aromatic N) is 3. The number of urea groups is 1. The van der Waals surface area contributed by atoms with Gasteiger partial charge in [-0.2, -0.15) is 0 Å². The summed E-state index contributed by atoms with van der Waals surface area (Å²) in [6.45, 7) is 2.96. The van der Waals surface area contributed by atoms with Gasteiger partial charge in [-0.15, -0.1) is 11.3 Å². The van der Waals surface area contributed by atoms with Crippen molar-refractivity contribution in [1.82, 2.24) is 14.3 Å². The van der Waals surface area contributed by atoms with Crippen molar-refractivity contribution in [2.24, 2.45) is 0 Å². The van der Waals surface area contributed by atoms with Crippen molar-refractivity contribution in [3.8, 4) is 17.0 Å². The Morgan fingerprint density at radius 3 is 2.80 bits per heavy atom. The first kappa shape index (κ1) is 22.7. The topological polar surface area (TPSA) is 72.0 Å². The van der Waals surface area contributed by atoms with Crippen LogP contribution in [0.15, 0.2) is 82.9 Å². The first-order chi connectivity index (χ1) is 17.1. The van der Waals surface area contributed by atoms with Crippen molar-refractivity contribution in [2.75, 3.05) is 19.0 Å². The summed E-state index contributed by atoms with van der Waals surface area (Å²) in [4.78, 5) is 20.7. The van der Waals surface area contributed by atoms with E-state index in [0.717, 1.165) is 27.7 Å². The SMILES string of the molecule is COc1cccc(NC(=O)N(CCc2csc3nc(-c4ccc(C)cc4)cn23)Cc2ccco2)c1. The van der Waals surface area contributed by atoms with Crippen LogP contribution in [0.2, 0.25) is 0 Å². The predicted molar refractivity (Wildman–Crippen MR) is 138 cm³/mol. The number of hydrogen-bond acceptors (Lipinski definition) is 5. The van der Waals surface area contributed by atoms with Gasteiger partial charge in [-0.3, -0.25) is 4.40 Å².